The number of carbonyl (C=O) groups excluding carboxylic acids is 2. The van der Waals surface area contributed by atoms with E-state index in [4.69, 9.17) is 4.74 Å². The molecule has 2 atom stereocenters. The molecule has 1 fully saturated rings. The van der Waals surface area contributed by atoms with E-state index < -0.39 is 17.4 Å². The van der Waals surface area contributed by atoms with Gasteiger partial charge in [0, 0.05) is 42.8 Å². The second-order valence-electron chi connectivity index (χ2n) is 12.2. The van der Waals surface area contributed by atoms with E-state index >= 15 is 4.79 Å². The molecule has 1 aromatic heterocycles. The number of ether oxygens (including phenoxy) is 1. The largest absolute Gasteiger partial charge is 0.466 e. The third-order valence-corrected chi connectivity index (χ3v) is 9.74. The van der Waals surface area contributed by atoms with E-state index in [0.29, 0.717) is 25.9 Å². The third kappa shape index (κ3) is 5.23. The lowest BCUT2D eigenvalue weighted by Gasteiger charge is -2.55. The lowest BCUT2D eigenvalue weighted by atomic mass is 9.69. The number of carbonyl (C=O) groups is 2. The highest BCUT2D eigenvalue weighted by Crippen LogP contribution is 2.50. The Morgan fingerprint density at radius 3 is 2.13 bits per heavy atom. The van der Waals surface area contributed by atoms with Crippen LogP contribution in [0.25, 0.3) is 10.9 Å². The molecule has 1 N–H and O–H groups in total. The molecule has 0 aliphatic carbocycles. The van der Waals surface area contributed by atoms with Crippen LogP contribution >= 0.6 is 0 Å². The van der Waals surface area contributed by atoms with Crippen molar-refractivity contribution in [2.24, 2.45) is 5.92 Å². The average Bonchev–Trinajstić information content (AvgIpc) is 3.47. The maximum Gasteiger partial charge on any atom is 0.313 e. The summed E-state index contributed by atoms with van der Waals surface area (Å²) in [6.07, 6.45) is 1.33. The number of nitrogens with zero attached hydrogens (tertiary/aromatic N) is 2. The van der Waals surface area contributed by atoms with Gasteiger partial charge in [-0.25, -0.2) is 0 Å². The number of benzene rings is 4. The number of likely N-dealkylation sites (tertiary alicyclic amines) is 1. The number of rotatable bonds is 7. The first-order valence-corrected chi connectivity index (χ1v) is 16.0. The molecule has 6 nitrogen and oxygen atoms in total. The number of amides is 1. The van der Waals surface area contributed by atoms with Crippen molar-refractivity contribution >= 4 is 22.8 Å². The van der Waals surface area contributed by atoms with Gasteiger partial charge in [0.2, 0.25) is 5.91 Å². The zero-order valence-electron chi connectivity index (χ0n) is 25.7. The summed E-state index contributed by atoms with van der Waals surface area (Å²) in [6, 6.07) is 38.8. The van der Waals surface area contributed by atoms with E-state index in [0.717, 1.165) is 40.8 Å². The fraction of sp³-hybridized carbons (Fsp3) is 0.282. The minimum atomic E-state index is -0.884. The fourth-order valence-corrected chi connectivity index (χ4v) is 7.74. The molecule has 7 rings (SSSR count). The average molecular weight is 598 g/mol. The Balaban J connectivity index is 1.38. The number of hydrogen-bond acceptors (Lipinski definition) is 4. The molecule has 1 saturated heterocycles. The lowest BCUT2D eigenvalue weighted by Crippen LogP contribution is -2.65. The zero-order chi connectivity index (χ0) is 30.8. The molecular weight excluding hydrogens is 558 g/mol. The predicted molar refractivity (Wildman–Crippen MR) is 177 cm³/mol. The summed E-state index contributed by atoms with van der Waals surface area (Å²) in [5.41, 5.74) is 5.43. The summed E-state index contributed by atoms with van der Waals surface area (Å²) in [7, 11) is 0. The van der Waals surface area contributed by atoms with Crippen LogP contribution in [0.3, 0.4) is 0 Å². The normalized spacial score (nSPS) is 20.0. The Kier molecular flexibility index (Phi) is 7.99. The second-order valence-corrected chi connectivity index (χ2v) is 12.2. The molecule has 3 heterocycles. The second kappa shape index (κ2) is 12.4. The molecule has 228 valence electrons. The van der Waals surface area contributed by atoms with Gasteiger partial charge in [0.05, 0.1) is 24.0 Å². The number of nitrogens with one attached hydrogen (secondary N) is 1. The molecule has 2 aliphatic heterocycles. The topological polar surface area (TPSA) is 65.6 Å². The van der Waals surface area contributed by atoms with Crippen LogP contribution in [-0.2, 0) is 32.8 Å². The molecule has 0 radical (unpaired) electrons. The van der Waals surface area contributed by atoms with Crippen LogP contribution in [0.5, 0.6) is 0 Å². The van der Waals surface area contributed by atoms with Crippen molar-refractivity contribution in [3.8, 4) is 0 Å². The number of esters is 1. The first kappa shape index (κ1) is 29.1. The van der Waals surface area contributed by atoms with Crippen LogP contribution in [0.15, 0.2) is 115 Å². The standard InChI is InChI=1S/C39H39N3O3/c1-2-45-38(44)33-27-41(26-28-14-6-3-7-15-28)25-23-39(33)36-32(31-20-12-13-21-34(31)40-36)22-24-42(39)37(43)35(29-16-8-4-9-17-29)30-18-10-5-11-19-30/h3-21,33,35,40H,2,22-27H2,1H3/t33-,39+/m1/s1. The number of fused-ring (bicyclic) bond motifs is 4. The third-order valence-electron chi connectivity index (χ3n) is 9.74. The summed E-state index contributed by atoms with van der Waals surface area (Å²) in [5.74, 6) is -1.31. The van der Waals surface area contributed by atoms with Crippen LogP contribution in [0.1, 0.15) is 47.2 Å². The Morgan fingerprint density at radius 1 is 0.844 bits per heavy atom. The summed E-state index contributed by atoms with van der Waals surface area (Å²) in [6.45, 7) is 4.64. The quantitative estimate of drug-likeness (QED) is 0.213. The van der Waals surface area contributed by atoms with Crippen molar-refractivity contribution in [1.82, 2.24) is 14.8 Å². The van der Waals surface area contributed by atoms with Crippen molar-refractivity contribution < 1.29 is 14.3 Å². The highest BCUT2D eigenvalue weighted by Gasteiger charge is 2.58. The summed E-state index contributed by atoms with van der Waals surface area (Å²) in [5, 5.41) is 1.16. The molecule has 45 heavy (non-hydrogen) atoms. The molecule has 1 spiro atoms. The number of piperidine rings is 1. The molecule has 6 heteroatoms. The maximum atomic E-state index is 15.2. The van der Waals surface area contributed by atoms with E-state index in [1.54, 1.807) is 0 Å². The van der Waals surface area contributed by atoms with Crippen LogP contribution < -0.4 is 0 Å². The van der Waals surface area contributed by atoms with Crippen molar-refractivity contribution in [3.05, 3.63) is 143 Å². The van der Waals surface area contributed by atoms with Crippen molar-refractivity contribution in [2.75, 3.05) is 26.2 Å². The van der Waals surface area contributed by atoms with Crippen LogP contribution in [-0.4, -0.2) is 52.9 Å². The molecule has 5 aromatic rings. The van der Waals surface area contributed by atoms with Crippen molar-refractivity contribution in [1.29, 1.82) is 0 Å². The van der Waals surface area contributed by atoms with Crippen molar-refractivity contribution in [2.45, 2.75) is 37.8 Å². The summed E-state index contributed by atoms with van der Waals surface area (Å²) >= 11 is 0. The Morgan fingerprint density at radius 2 is 1.47 bits per heavy atom. The van der Waals surface area contributed by atoms with E-state index in [9.17, 15) is 4.79 Å². The van der Waals surface area contributed by atoms with E-state index in [2.05, 4.69) is 57.2 Å². The fourth-order valence-electron chi connectivity index (χ4n) is 7.74. The van der Waals surface area contributed by atoms with Gasteiger partial charge < -0.3 is 14.6 Å². The summed E-state index contributed by atoms with van der Waals surface area (Å²) in [4.78, 5) is 37.6. The van der Waals surface area contributed by atoms with Crippen molar-refractivity contribution in [3.63, 3.8) is 0 Å². The van der Waals surface area contributed by atoms with Gasteiger partial charge in [-0.1, -0.05) is 109 Å². The first-order valence-electron chi connectivity index (χ1n) is 16.0. The molecule has 2 aliphatic rings. The summed E-state index contributed by atoms with van der Waals surface area (Å²) < 4.78 is 5.84. The van der Waals surface area contributed by atoms with E-state index in [-0.39, 0.29) is 18.5 Å². The maximum absolute atomic E-state index is 15.2. The van der Waals surface area contributed by atoms with Crippen LogP contribution in [0.2, 0.25) is 0 Å². The first-order chi connectivity index (χ1) is 22.1. The van der Waals surface area contributed by atoms with Gasteiger partial charge in [0.25, 0.3) is 0 Å². The molecule has 0 saturated carbocycles. The molecule has 4 aromatic carbocycles. The number of H-pyrrole nitrogens is 1. The highest BCUT2D eigenvalue weighted by molar-refractivity contribution is 5.91. The zero-order valence-corrected chi connectivity index (χ0v) is 25.7. The number of aromatic nitrogens is 1. The number of para-hydroxylation sites is 1. The minimum absolute atomic E-state index is 0.0162. The van der Waals surface area contributed by atoms with E-state index in [1.165, 1.54) is 11.1 Å². The SMILES string of the molecule is CCOC(=O)[C@H]1CN(Cc2ccccc2)CC[C@@]12c1[nH]c3ccccc3c1CCN2C(=O)C(c1ccccc1)c1ccccc1. The van der Waals surface area contributed by atoms with Gasteiger partial charge in [-0.3, -0.25) is 14.5 Å². The Labute approximate surface area is 264 Å². The monoisotopic (exact) mass is 597 g/mol. The molecular formula is C39H39N3O3. The van der Waals surface area contributed by atoms with Gasteiger partial charge in [0.1, 0.15) is 0 Å². The van der Waals surface area contributed by atoms with Gasteiger partial charge in [-0.15, -0.1) is 0 Å². The molecule has 0 unspecified atom stereocenters. The smallest absolute Gasteiger partial charge is 0.313 e. The lowest BCUT2D eigenvalue weighted by molar-refractivity contribution is -0.166. The predicted octanol–water partition coefficient (Wildman–Crippen LogP) is 6.67. The van der Waals surface area contributed by atoms with Gasteiger partial charge >= 0.3 is 5.97 Å². The van der Waals surface area contributed by atoms with Gasteiger partial charge in [-0.2, -0.15) is 0 Å². The van der Waals surface area contributed by atoms with E-state index in [1.807, 2.05) is 79.7 Å². The Hall–Kier alpha value is -4.68. The van der Waals surface area contributed by atoms with Crippen LogP contribution in [0.4, 0.5) is 0 Å². The Bertz CT molecular complexity index is 1750. The molecule has 1 amide bonds. The molecule has 0 bridgehead atoms. The van der Waals surface area contributed by atoms with Gasteiger partial charge in [0.15, 0.2) is 0 Å². The highest BCUT2D eigenvalue weighted by atomic mass is 16.5. The van der Waals surface area contributed by atoms with Gasteiger partial charge in [-0.05, 0) is 48.1 Å². The number of aromatic amines is 1. The van der Waals surface area contributed by atoms with Crippen LogP contribution in [0, 0.1) is 5.92 Å². The number of hydrogen-bond donors (Lipinski definition) is 1. The minimum Gasteiger partial charge on any atom is -0.466 e.